The lowest BCUT2D eigenvalue weighted by molar-refractivity contribution is -0.146. The van der Waals surface area contributed by atoms with Crippen molar-refractivity contribution in [2.75, 3.05) is 20.2 Å². The van der Waals surface area contributed by atoms with E-state index < -0.39 is 0 Å². The van der Waals surface area contributed by atoms with E-state index in [2.05, 4.69) is 5.10 Å². The lowest BCUT2D eigenvalue weighted by atomic mass is 9.96. The molecule has 1 aliphatic rings. The number of methoxy groups -OCH3 is 1. The van der Waals surface area contributed by atoms with Crippen LogP contribution < -0.4 is 0 Å². The lowest BCUT2D eigenvalue weighted by Crippen LogP contribution is -2.40. The molecule has 1 fully saturated rings. The van der Waals surface area contributed by atoms with E-state index in [-0.39, 0.29) is 17.8 Å². The Bertz CT molecular complexity index is 796. The molecule has 0 bridgehead atoms. The fraction of sp³-hybridized carbons (Fsp3) is 0.421. The van der Waals surface area contributed by atoms with Crippen LogP contribution in [0.15, 0.2) is 30.3 Å². The highest BCUT2D eigenvalue weighted by Gasteiger charge is 2.31. The van der Waals surface area contributed by atoms with Gasteiger partial charge in [0.15, 0.2) is 0 Å². The van der Waals surface area contributed by atoms with Gasteiger partial charge in [0.1, 0.15) is 5.15 Å². The first-order valence-corrected chi connectivity index (χ1v) is 9.03. The summed E-state index contributed by atoms with van der Waals surface area (Å²) in [6.07, 6.45) is 1.21. The summed E-state index contributed by atoms with van der Waals surface area (Å²) in [6.45, 7) is 3.33. The van der Waals surface area contributed by atoms with E-state index in [9.17, 15) is 9.59 Å². The standard InChI is InChI=1S/C19H22ClN3O3/c1-13-16(17(20)23(21-13)12-14-6-4-3-5-7-14)18(24)22-10-8-15(9-11-22)19(25)26-2/h3-7,15H,8-12H2,1-2H3. The van der Waals surface area contributed by atoms with Gasteiger partial charge in [0.25, 0.3) is 5.91 Å². The second-order valence-electron chi connectivity index (χ2n) is 6.48. The molecule has 7 heteroatoms. The van der Waals surface area contributed by atoms with Crippen LogP contribution in [0.3, 0.4) is 0 Å². The number of carbonyl (C=O) groups excluding carboxylic acids is 2. The molecule has 1 aromatic heterocycles. The maximum absolute atomic E-state index is 12.9. The summed E-state index contributed by atoms with van der Waals surface area (Å²) >= 11 is 6.47. The van der Waals surface area contributed by atoms with Crippen molar-refractivity contribution in [3.8, 4) is 0 Å². The van der Waals surface area contributed by atoms with Gasteiger partial charge in [-0.25, -0.2) is 4.68 Å². The fourth-order valence-electron chi connectivity index (χ4n) is 3.30. The van der Waals surface area contributed by atoms with Crippen molar-refractivity contribution in [2.24, 2.45) is 5.92 Å². The Morgan fingerprint density at radius 2 is 1.88 bits per heavy atom. The molecule has 0 N–H and O–H groups in total. The smallest absolute Gasteiger partial charge is 0.308 e. The number of benzene rings is 1. The first kappa shape index (κ1) is 18.5. The number of likely N-dealkylation sites (tertiary alicyclic amines) is 1. The molecule has 1 amide bonds. The van der Waals surface area contributed by atoms with Crippen LogP contribution in [0.1, 0.15) is 34.5 Å². The first-order chi connectivity index (χ1) is 12.5. The van der Waals surface area contributed by atoms with Gasteiger partial charge >= 0.3 is 5.97 Å². The number of rotatable bonds is 4. The molecule has 3 rings (SSSR count). The maximum Gasteiger partial charge on any atom is 0.308 e. The Morgan fingerprint density at radius 1 is 1.23 bits per heavy atom. The minimum Gasteiger partial charge on any atom is -0.469 e. The Labute approximate surface area is 157 Å². The number of halogens is 1. The van der Waals surface area contributed by atoms with Crippen molar-refractivity contribution in [3.63, 3.8) is 0 Å². The SMILES string of the molecule is COC(=O)C1CCN(C(=O)c2c(C)nn(Cc3ccccc3)c2Cl)CC1. The van der Waals surface area contributed by atoms with E-state index in [4.69, 9.17) is 16.3 Å². The number of hydrogen-bond donors (Lipinski definition) is 0. The molecule has 0 unspecified atom stereocenters. The molecule has 26 heavy (non-hydrogen) atoms. The van der Waals surface area contributed by atoms with Gasteiger partial charge < -0.3 is 9.64 Å². The van der Waals surface area contributed by atoms with Crippen LogP contribution >= 0.6 is 11.6 Å². The van der Waals surface area contributed by atoms with E-state index in [1.165, 1.54) is 7.11 Å². The second kappa shape index (κ2) is 7.91. The number of hydrogen-bond acceptors (Lipinski definition) is 4. The molecule has 0 atom stereocenters. The van der Waals surface area contributed by atoms with Gasteiger partial charge in [-0.15, -0.1) is 0 Å². The average molecular weight is 376 g/mol. The predicted molar refractivity (Wildman–Crippen MR) is 98.2 cm³/mol. The minimum absolute atomic E-state index is 0.130. The molecule has 1 aromatic carbocycles. The number of nitrogens with zero attached hydrogens (tertiary/aromatic N) is 3. The normalized spacial score (nSPS) is 15.1. The van der Waals surface area contributed by atoms with Crippen molar-refractivity contribution >= 4 is 23.5 Å². The van der Waals surface area contributed by atoms with Crippen LogP contribution in [0, 0.1) is 12.8 Å². The fourth-order valence-corrected chi connectivity index (χ4v) is 3.62. The Morgan fingerprint density at radius 3 is 2.50 bits per heavy atom. The van der Waals surface area contributed by atoms with E-state index >= 15 is 0 Å². The number of esters is 1. The van der Waals surface area contributed by atoms with E-state index in [0.717, 1.165) is 5.56 Å². The quantitative estimate of drug-likeness (QED) is 0.771. The van der Waals surface area contributed by atoms with Gasteiger partial charge in [-0.05, 0) is 25.3 Å². The third-order valence-electron chi connectivity index (χ3n) is 4.77. The van der Waals surface area contributed by atoms with Gasteiger partial charge in [0.05, 0.1) is 30.8 Å². The molecule has 138 valence electrons. The van der Waals surface area contributed by atoms with E-state index in [1.54, 1.807) is 16.5 Å². The van der Waals surface area contributed by atoms with Crippen LogP contribution in [0.4, 0.5) is 0 Å². The second-order valence-corrected chi connectivity index (χ2v) is 6.84. The Kier molecular flexibility index (Phi) is 5.61. The molecular weight excluding hydrogens is 354 g/mol. The number of ether oxygens (including phenoxy) is 1. The number of amides is 1. The monoisotopic (exact) mass is 375 g/mol. The molecule has 0 saturated carbocycles. The van der Waals surface area contributed by atoms with E-state index in [0.29, 0.717) is 48.9 Å². The van der Waals surface area contributed by atoms with Crippen LogP contribution in [0.2, 0.25) is 5.15 Å². The Hall–Kier alpha value is -2.34. The number of piperidine rings is 1. The van der Waals surface area contributed by atoms with Crippen molar-refractivity contribution in [1.82, 2.24) is 14.7 Å². The molecule has 1 aliphatic heterocycles. The summed E-state index contributed by atoms with van der Waals surface area (Å²) in [4.78, 5) is 26.3. The largest absolute Gasteiger partial charge is 0.469 e. The number of aromatic nitrogens is 2. The van der Waals surface area contributed by atoms with Crippen LogP contribution in [-0.2, 0) is 16.1 Å². The lowest BCUT2D eigenvalue weighted by Gasteiger charge is -2.30. The van der Waals surface area contributed by atoms with Crippen LogP contribution in [0.25, 0.3) is 0 Å². The molecule has 0 spiro atoms. The number of aryl methyl sites for hydroxylation is 1. The summed E-state index contributed by atoms with van der Waals surface area (Å²) in [5.41, 5.74) is 2.12. The van der Waals surface area contributed by atoms with Gasteiger partial charge in [-0.1, -0.05) is 41.9 Å². The molecule has 0 aliphatic carbocycles. The van der Waals surface area contributed by atoms with Crippen molar-refractivity contribution in [3.05, 3.63) is 52.3 Å². The first-order valence-electron chi connectivity index (χ1n) is 8.65. The topological polar surface area (TPSA) is 64.4 Å². The summed E-state index contributed by atoms with van der Waals surface area (Å²) in [6, 6.07) is 9.85. The molecule has 2 heterocycles. The third-order valence-corrected chi connectivity index (χ3v) is 5.16. The zero-order chi connectivity index (χ0) is 18.7. The van der Waals surface area contributed by atoms with Gasteiger partial charge in [0.2, 0.25) is 0 Å². The maximum atomic E-state index is 12.9. The highest BCUT2D eigenvalue weighted by molar-refractivity contribution is 6.33. The van der Waals surface area contributed by atoms with Crippen molar-refractivity contribution in [2.45, 2.75) is 26.3 Å². The Balaban J connectivity index is 1.73. The molecule has 1 saturated heterocycles. The average Bonchev–Trinajstić information content (AvgIpc) is 2.94. The van der Waals surface area contributed by atoms with Crippen molar-refractivity contribution < 1.29 is 14.3 Å². The number of carbonyl (C=O) groups is 2. The predicted octanol–water partition coefficient (Wildman–Crippen LogP) is 2.92. The zero-order valence-electron chi connectivity index (χ0n) is 14.9. The molecule has 0 radical (unpaired) electrons. The van der Waals surface area contributed by atoms with Gasteiger partial charge in [-0.3, -0.25) is 9.59 Å². The van der Waals surface area contributed by atoms with Crippen molar-refractivity contribution in [1.29, 1.82) is 0 Å². The third kappa shape index (κ3) is 3.75. The minimum atomic E-state index is -0.206. The zero-order valence-corrected chi connectivity index (χ0v) is 15.7. The summed E-state index contributed by atoms with van der Waals surface area (Å²) in [7, 11) is 1.39. The van der Waals surface area contributed by atoms with Gasteiger partial charge in [0, 0.05) is 13.1 Å². The summed E-state index contributed by atoms with van der Waals surface area (Å²) < 4.78 is 6.44. The van der Waals surface area contributed by atoms with E-state index in [1.807, 2.05) is 30.3 Å². The molecule has 2 aromatic rings. The van der Waals surface area contributed by atoms with Crippen LogP contribution in [0.5, 0.6) is 0 Å². The summed E-state index contributed by atoms with van der Waals surface area (Å²) in [5.74, 6) is -0.474. The van der Waals surface area contributed by atoms with Gasteiger partial charge in [-0.2, -0.15) is 5.10 Å². The summed E-state index contributed by atoms with van der Waals surface area (Å²) in [5, 5.41) is 4.79. The molecule has 6 nitrogen and oxygen atoms in total. The van der Waals surface area contributed by atoms with Crippen LogP contribution in [-0.4, -0.2) is 46.8 Å². The highest BCUT2D eigenvalue weighted by atomic mass is 35.5. The molecular formula is C19H22ClN3O3. The highest BCUT2D eigenvalue weighted by Crippen LogP contribution is 2.26.